The van der Waals surface area contributed by atoms with Crippen molar-refractivity contribution in [3.8, 4) is 17.2 Å². The van der Waals surface area contributed by atoms with Crippen molar-refractivity contribution in [3.05, 3.63) is 278 Å². The fourth-order valence-corrected chi connectivity index (χ4v) is 13.2. The van der Waals surface area contributed by atoms with E-state index in [0.717, 1.165) is 51.8 Å². The summed E-state index contributed by atoms with van der Waals surface area (Å²) in [5.41, 5.74) is 6.21. The van der Waals surface area contributed by atoms with Crippen LogP contribution >= 0.6 is 47.4 Å². The number of ether oxygens (including phenoxy) is 8. The summed E-state index contributed by atoms with van der Waals surface area (Å²) in [6.45, 7) is 10.9. The van der Waals surface area contributed by atoms with E-state index in [9.17, 15) is 44.4 Å². The van der Waals surface area contributed by atoms with Gasteiger partial charge in [-0.1, -0.05) is 246 Å². The zero-order chi connectivity index (χ0) is 83.7. The number of carboxylic acid groups (broad SMARTS) is 4. The third-order valence-corrected chi connectivity index (χ3v) is 19.4. The van der Waals surface area contributed by atoms with E-state index in [1.54, 1.807) is 60.7 Å². The van der Waals surface area contributed by atoms with Crippen LogP contribution in [-0.2, 0) is 58.9 Å². The van der Waals surface area contributed by atoms with Crippen molar-refractivity contribution in [2.24, 2.45) is 23.7 Å². The van der Waals surface area contributed by atoms with Crippen LogP contribution in [-0.4, -0.2) is 115 Å². The van der Waals surface area contributed by atoms with Crippen molar-refractivity contribution in [3.63, 3.8) is 0 Å². The minimum Gasteiger partial charge on any atom is -1.00 e. The summed E-state index contributed by atoms with van der Waals surface area (Å²) < 4.78 is 48.1. The number of phenols is 2. The van der Waals surface area contributed by atoms with Gasteiger partial charge in [0.15, 0.2) is 24.2 Å². The van der Waals surface area contributed by atoms with Gasteiger partial charge in [-0.2, -0.15) is 12.6 Å². The van der Waals surface area contributed by atoms with Gasteiger partial charge in [0.1, 0.15) is 17.2 Å². The largest absolute Gasteiger partial charge is 1.00 e. The zero-order valence-electron chi connectivity index (χ0n) is 67.3. The summed E-state index contributed by atoms with van der Waals surface area (Å²) in [6, 6.07) is 51.3. The number of aliphatic carboxylic acids is 4. The number of aliphatic hydroxyl groups is 2. The minimum atomic E-state index is -0.826. The summed E-state index contributed by atoms with van der Waals surface area (Å²) in [5.74, 6) is -2.59. The molecule has 26 heteroatoms. The van der Waals surface area contributed by atoms with Gasteiger partial charge in [-0.15, -0.1) is 0 Å². The van der Waals surface area contributed by atoms with Crippen molar-refractivity contribution >= 4 is 77.6 Å². The number of carbonyl (C=O) groups excluding carboxylic acids is 1. The molecule has 3 fully saturated rings. The second-order valence-electron chi connectivity index (χ2n) is 28.0. The normalized spacial score (nSPS) is 20.1. The zero-order valence-corrected chi connectivity index (χ0v) is 71.5. The fourth-order valence-electron chi connectivity index (χ4n) is 12.6. The number of benzene rings is 7. The van der Waals surface area contributed by atoms with E-state index >= 15 is 0 Å². The Kier molecular flexibility index (Phi) is 51.9. The van der Waals surface area contributed by atoms with E-state index in [0.29, 0.717) is 96.7 Å². The summed E-state index contributed by atoms with van der Waals surface area (Å²) in [4.78, 5) is 52.4. The summed E-state index contributed by atoms with van der Waals surface area (Å²) in [7, 11) is 0. The van der Waals surface area contributed by atoms with E-state index in [4.69, 9.17) is 93.1 Å². The molecular weight excluding hydrogens is 1610 g/mol. The Morgan fingerprint density at radius 1 is 0.479 bits per heavy atom. The van der Waals surface area contributed by atoms with Crippen LogP contribution in [0.4, 0.5) is 0 Å². The molecule has 646 valence electrons. The molecule has 0 radical (unpaired) electrons. The molecule has 4 aliphatic rings. The first-order valence-corrected chi connectivity index (χ1v) is 39.9. The van der Waals surface area contributed by atoms with Gasteiger partial charge in [-0.05, 0) is 132 Å². The molecule has 0 saturated carbocycles. The molecule has 0 amide bonds. The molecule has 0 spiro atoms. The molecule has 4 heterocycles. The Morgan fingerprint density at radius 3 is 1.27 bits per heavy atom. The molecule has 0 aliphatic carbocycles. The van der Waals surface area contributed by atoms with E-state index < -0.39 is 48.0 Å². The van der Waals surface area contributed by atoms with Crippen LogP contribution in [0.2, 0.25) is 15.1 Å². The first kappa shape index (κ1) is 107. The number of aromatic hydroxyl groups is 2. The summed E-state index contributed by atoms with van der Waals surface area (Å²) >= 11 is 22.0. The van der Waals surface area contributed by atoms with Crippen molar-refractivity contribution in [2.75, 3.05) is 32.2 Å². The molecule has 4 aliphatic heterocycles. The van der Waals surface area contributed by atoms with Crippen LogP contribution in [0.15, 0.2) is 218 Å². The van der Waals surface area contributed by atoms with Crippen LogP contribution < -0.4 is 34.3 Å². The van der Waals surface area contributed by atoms with Gasteiger partial charge in [-0.3, -0.25) is 24.0 Å². The smallest absolute Gasteiger partial charge is 1.00 e. The Hall–Kier alpha value is -7.69. The molecule has 10 atom stereocenters. The molecular formula is C93H120Cl3NaO21S. The predicted octanol–water partition coefficient (Wildman–Crippen LogP) is 19.4. The number of carbonyl (C=O) groups is 5. The minimum absolute atomic E-state index is 0. The van der Waals surface area contributed by atoms with Crippen LogP contribution in [0.5, 0.6) is 17.2 Å². The van der Waals surface area contributed by atoms with Crippen LogP contribution in [0.1, 0.15) is 222 Å². The number of aldehydes is 1. The molecule has 3 saturated heterocycles. The van der Waals surface area contributed by atoms with Crippen LogP contribution in [0.3, 0.4) is 0 Å². The first-order chi connectivity index (χ1) is 55.2. The standard InChI is InChI=1S/2C22H23ClO5.C19H26O5.C18H24O5.C7H5ClO.C2H6S.3CH4.Na.H/c23-18-11-6-4-9-16(18)22-27-14-15(8-2-1-3-13-20(25)26)21(28-22)17-10-5-7-12-19(17)24;23-18-11-6-4-9-16(18)22-27-19-12-7-5-10-17(19)21(28-22)15(14-24)8-2-1-3-13-20(25)26;1-19(2)23-13-15(9-4-3-5-11-17(21)22)18(24-19)16-10-7-6-8-14(16)12-20;1-18(2)22-12-13(8-4-3-5-11-16(20)21)17(23-18)14-9-6-7-10-15(14)19;8-7-4-2-1-3-6(7)5-9;1-2-3;;;;;/h2*1-2,4-7,9-12,15,21-22,24H,3,8,13-14H2,(H,25,26);3-4,6-8,10,15,18,20H,5,9,11-13H2,1-2H3,(H,21,22);3-4,6-7,9-10,13,17,19H,5,8,11-12H2,1-2H3,(H,20,21);1-5H;3H,2H2,1H3;3*1H4;;/q;;;;;;;;;+1;-1/b2*2-1-;2*4-3-;;;;;;;/t15-,21+,22+;15-,21?,22?;15-,18+;13-,17+;;;;;;;/m1111......./s1. The second-order valence-corrected chi connectivity index (χ2v) is 29.9. The van der Waals surface area contributed by atoms with Gasteiger partial charge in [0.05, 0.1) is 60.9 Å². The first-order valence-electron chi connectivity index (χ1n) is 38.2. The Morgan fingerprint density at radius 2 is 0.849 bits per heavy atom. The van der Waals surface area contributed by atoms with Gasteiger partial charge >= 0.3 is 53.4 Å². The second kappa shape index (κ2) is 57.6. The topological polar surface area (TPSA) is 321 Å². The van der Waals surface area contributed by atoms with Gasteiger partial charge in [-0.25, -0.2) is 0 Å². The van der Waals surface area contributed by atoms with E-state index in [1.165, 1.54) is 0 Å². The molecule has 8 N–H and O–H groups in total. The fraction of sp³-hybridized carbons (Fsp3) is 0.409. The predicted molar refractivity (Wildman–Crippen MR) is 467 cm³/mol. The maximum absolute atomic E-state index is 10.6. The number of halogens is 3. The van der Waals surface area contributed by atoms with Gasteiger partial charge in [0, 0.05) is 94.4 Å². The number of phenolic OH excluding ortho intramolecular Hbond substituents is 2. The molecule has 119 heavy (non-hydrogen) atoms. The van der Waals surface area contributed by atoms with E-state index in [-0.39, 0.29) is 152 Å². The summed E-state index contributed by atoms with van der Waals surface area (Å²) in [6.07, 6.45) is 18.6. The number of carboxylic acids is 4. The summed E-state index contributed by atoms with van der Waals surface area (Å²) in [5, 5.41) is 76.4. The third kappa shape index (κ3) is 37.3. The molecule has 7 aromatic rings. The van der Waals surface area contributed by atoms with Gasteiger partial charge in [0.25, 0.3) is 0 Å². The Balaban J connectivity index is 0.000000755. The van der Waals surface area contributed by atoms with Gasteiger partial charge in [0.2, 0.25) is 6.29 Å². The van der Waals surface area contributed by atoms with Crippen molar-refractivity contribution in [1.82, 2.24) is 0 Å². The molecule has 11 rings (SSSR count). The number of aliphatic hydroxyl groups excluding tert-OH is 2. The number of hydrogen-bond donors (Lipinski definition) is 9. The molecule has 21 nitrogen and oxygen atoms in total. The Bertz CT molecular complexity index is 4250. The maximum atomic E-state index is 10.6. The quantitative estimate of drug-likeness (QED) is 0.00910. The average Bonchev–Trinajstić information content (AvgIpc) is 0.765. The average molecular weight is 1740 g/mol. The van der Waals surface area contributed by atoms with E-state index in [2.05, 4.69) is 12.6 Å². The number of para-hydroxylation sites is 3. The molecule has 0 aromatic heterocycles. The third-order valence-electron chi connectivity index (χ3n) is 18.4. The SMILES string of the molecule is C.C.C.CC1(C)OC[C@@H](C/C=C\CCC(=O)O)[C@@H](c2ccccc2CO)O1.CC1(C)OC[C@@H](C/C=C\CCC(=O)O)[C@@H](c2ccccc2O)O1.CCS.O=C(O)CC/C=C\C[C@@H]1CO[C@H](c2ccccc2Cl)O[C@@H]1c1ccccc1O.O=C(O)CC/C=C\C[C@H](CO)C1OC(c2ccccc2Cl)Oc2ccccc21.O=Cc1ccccc1Cl.[H-].[Na+]. The monoisotopic (exact) mass is 1730 g/mol. The van der Waals surface area contributed by atoms with Crippen molar-refractivity contribution in [2.45, 2.75) is 189 Å². The number of thiol groups is 1. The van der Waals surface area contributed by atoms with Crippen LogP contribution in [0.25, 0.3) is 0 Å². The van der Waals surface area contributed by atoms with Crippen molar-refractivity contribution < 1.29 is 134 Å². The van der Waals surface area contributed by atoms with Crippen LogP contribution in [0, 0.1) is 23.7 Å². The Labute approximate surface area is 746 Å². The molecule has 2 unspecified atom stereocenters. The molecule has 7 aromatic carbocycles. The van der Waals surface area contributed by atoms with Gasteiger partial charge < -0.3 is 80.2 Å². The molecule has 0 bridgehead atoms. The number of rotatable bonds is 29. The van der Waals surface area contributed by atoms with E-state index in [1.807, 2.05) is 192 Å². The number of allylic oxidation sites excluding steroid dienone is 8. The number of fused-ring (bicyclic) bond motifs is 1. The number of hydrogen-bond acceptors (Lipinski definition) is 18. The maximum Gasteiger partial charge on any atom is 1.00 e. The van der Waals surface area contributed by atoms with Crippen molar-refractivity contribution in [1.29, 1.82) is 0 Å².